The van der Waals surface area contributed by atoms with E-state index in [9.17, 15) is 4.79 Å². The van der Waals surface area contributed by atoms with Crippen molar-refractivity contribution in [1.82, 2.24) is 19.9 Å². The maximum Gasteiger partial charge on any atom is 0.228 e. The summed E-state index contributed by atoms with van der Waals surface area (Å²) in [5.74, 6) is 0.936. The average Bonchev–Trinajstić information content (AvgIpc) is 2.92. The predicted octanol–water partition coefficient (Wildman–Crippen LogP) is 4.21. The average molecular weight is 465 g/mol. The number of anilines is 3. The van der Waals surface area contributed by atoms with Crippen LogP contribution in [0.4, 0.5) is 17.3 Å². The second-order valence-electron chi connectivity index (χ2n) is 8.51. The Kier molecular flexibility index (Phi) is 5.86. The van der Waals surface area contributed by atoms with Crippen molar-refractivity contribution >= 4 is 34.8 Å². The summed E-state index contributed by atoms with van der Waals surface area (Å²) in [6.45, 7) is 4.00. The summed E-state index contributed by atoms with van der Waals surface area (Å²) >= 11 is 6.13. The number of halogens is 1. The summed E-state index contributed by atoms with van der Waals surface area (Å²) in [5, 5.41) is 6.70. The summed E-state index contributed by atoms with van der Waals surface area (Å²) in [5.41, 5.74) is 4.50. The molecule has 0 atom stereocenters. The minimum absolute atomic E-state index is 0.123. The quantitative estimate of drug-likeness (QED) is 0.597. The Morgan fingerprint density at radius 3 is 2.79 bits per heavy atom. The molecule has 33 heavy (non-hydrogen) atoms. The van der Waals surface area contributed by atoms with Gasteiger partial charge in [-0.25, -0.2) is 15.0 Å². The fourth-order valence-electron chi connectivity index (χ4n) is 4.15. The van der Waals surface area contributed by atoms with Crippen LogP contribution in [0.25, 0.3) is 11.3 Å². The number of amides is 1. The molecule has 0 aliphatic carbocycles. The molecular formula is C24H25ClN6O2. The SMILES string of the molecule is Cc1nc(OC2CCN(C)CC2)ccc1Nc1ncc2c(n1)-c1ccc(Cl)cc1NC(=O)C2. The third kappa shape index (κ3) is 4.77. The first-order valence-corrected chi connectivity index (χ1v) is 11.4. The molecule has 0 bridgehead atoms. The van der Waals surface area contributed by atoms with E-state index in [4.69, 9.17) is 21.3 Å². The largest absolute Gasteiger partial charge is 0.474 e. The van der Waals surface area contributed by atoms with Gasteiger partial charge in [-0.15, -0.1) is 0 Å². The molecule has 5 rings (SSSR count). The van der Waals surface area contributed by atoms with Crippen molar-refractivity contribution in [3.8, 4) is 17.1 Å². The first-order valence-electron chi connectivity index (χ1n) is 11.0. The van der Waals surface area contributed by atoms with E-state index in [1.54, 1.807) is 18.3 Å². The van der Waals surface area contributed by atoms with Crippen LogP contribution in [0.5, 0.6) is 5.88 Å². The number of likely N-dealkylation sites (tertiary alicyclic amines) is 1. The van der Waals surface area contributed by atoms with Crippen molar-refractivity contribution in [2.24, 2.45) is 0 Å². The number of hydrogen-bond acceptors (Lipinski definition) is 7. The molecule has 170 valence electrons. The number of carbonyl (C=O) groups is 1. The van der Waals surface area contributed by atoms with Crippen LogP contribution in [-0.4, -0.2) is 52.0 Å². The maximum atomic E-state index is 12.3. The van der Waals surface area contributed by atoms with Gasteiger partial charge in [0.2, 0.25) is 17.7 Å². The third-order valence-corrected chi connectivity index (χ3v) is 6.22. The Balaban J connectivity index is 1.37. The van der Waals surface area contributed by atoms with Crippen molar-refractivity contribution < 1.29 is 9.53 Å². The van der Waals surface area contributed by atoms with Gasteiger partial charge in [0.1, 0.15) is 6.10 Å². The zero-order valence-corrected chi connectivity index (χ0v) is 19.3. The highest BCUT2D eigenvalue weighted by Gasteiger charge is 2.22. The lowest BCUT2D eigenvalue weighted by atomic mass is 10.1. The minimum atomic E-state index is -0.123. The number of aromatic nitrogens is 3. The number of nitrogens with zero attached hydrogens (tertiary/aromatic N) is 4. The molecule has 1 aromatic carbocycles. The van der Waals surface area contributed by atoms with Crippen molar-refractivity contribution in [2.45, 2.75) is 32.3 Å². The summed E-state index contributed by atoms with van der Waals surface area (Å²) in [4.78, 5) is 28.4. The van der Waals surface area contributed by atoms with Crippen LogP contribution in [0.2, 0.25) is 5.02 Å². The number of pyridine rings is 1. The normalized spacial score (nSPS) is 16.4. The maximum absolute atomic E-state index is 12.3. The summed E-state index contributed by atoms with van der Waals surface area (Å²) in [6.07, 6.45) is 4.10. The molecule has 0 radical (unpaired) electrons. The first kappa shape index (κ1) is 21.6. The minimum Gasteiger partial charge on any atom is -0.474 e. The van der Waals surface area contributed by atoms with E-state index in [-0.39, 0.29) is 18.4 Å². The number of piperidine rings is 1. The van der Waals surface area contributed by atoms with Crippen LogP contribution in [-0.2, 0) is 11.2 Å². The van der Waals surface area contributed by atoms with Crippen LogP contribution < -0.4 is 15.4 Å². The standard InChI is InChI=1S/C24H25ClN6O2/c1-14-19(5-6-22(27-14)33-17-7-9-31(2)10-8-17)29-24-26-13-15-11-21(32)28-20-12-16(25)3-4-18(20)23(15)30-24/h3-6,12-13,17H,7-11H2,1-2H3,(H,28,32)(H,26,29,30). The number of fused-ring (bicyclic) bond motifs is 3. The van der Waals surface area contributed by atoms with E-state index in [0.29, 0.717) is 28.2 Å². The Hall–Kier alpha value is -3.23. The smallest absolute Gasteiger partial charge is 0.228 e. The number of hydrogen-bond donors (Lipinski definition) is 2. The number of rotatable bonds is 4. The molecular weight excluding hydrogens is 440 g/mol. The monoisotopic (exact) mass is 464 g/mol. The predicted molar refractivity (Wildman–Crippen MR) is 128 cm³/mol. The van der Waals surface area contributed by atoms with E-state index in [1.165, 1.54) is 0 Å². The molecule has 1 amide bonds. The molecule has 2 aromatic heterocycles. The van der Waals surface area contributed by atoms with E-state index in [2.05, 4.69) is 32.5 Å². The van der Waals surface area contributed by atoms with Crippen molar-refractivity contribution in [3.05, 3.63) is 52.8 Å². The van der Waals surface area contributed by atoms with Gasteiger partial charge in [0.25, 0.3) is 0 Å². The fraction of sp³-hybridized carbons (Fsp3) is 0.333. The van der Waals surface area contributed by atoms with Gasteiger partial charge in [-0.05, 0) is 51.1 Å². The van der Waals surface area contributed by atoms with Crippen LogP contribution in [0.15, 0.2) is 36.5 Å². The van der Waals surface area contributed by atoms with Crippen LogP contribution in [0.3, 0.4) is 0 Å². The Morgan fingerprint density at radius 1 is 1.18 bits per heavy atom. The molecule has 1 fully saturated rings. The van der Waals surface area contributed by atoms with Gasteiger partial charge in [-0.3, -0.25) is 4.79 Å². The van der Waals surface area contributed by atoms with Crippen LogP contribution >= 0.6 is 11.6 Å². The van der Waals surface area contributed by atoms with E-state index in [1.807, 2.05) is 25.1 Å². The van der Waals surface area contributed by atoms with Gasteiger partial charge in [-0.1, -0.05) is 11.6 Å². The second-order valence-corrected chi connectivity index (χ2v) is 8.95. The molecule has 8 nitrogen and oxygen atoms in total. The molecule has 0 saturated carbocycles. The number of aryl methyl sites for hydroxylation is 1. The van der Waals surface area contributed by atoms with Gasteiger partial charge >= 0.3 is 0 Å². The van der Waals surface area contributed by atoms with Crippen molar-refractivity contribution in [3.63, 3.8) is 0 Å². The fourth-order valence-corrected chi connectivity index (χ4v) is 4.33. The van der Waals surface area contributed by atoms with E-state index >= 15 is 0 Å². The highest BCUT2D eigenvalue weighted by Crippen LogP contribution is 2.35. The van der Waals surface area contributed by atoms with Gasteiger partial charge in [-0.2, -0.15) is 0 Å². The Bertz CT molecular complexity index is 1210. The number of benzene rings is 1. The van der Waals surface area contributed by atoms with Crippen LogP contribution in [0.1, 0.15) is 24.1 Å². The summed E-state index contributed by atoms with van der Waals surface area (Å²) in [7, 11) is 2.13. The topological polar surface area (TPSA) is 92.3 Å². The van der Waals surface area contributed by atoms with Crippen molar-refractivity contribution in [1.29, 1.82) is 0 Å². The lowest BCUT2D eigenvalue weighted by Crippen LogP contribution is -2.35. The zero-order valence-electron chi connectivity index (χ0n) is 18.6. The van der Waals surface area contributed by atoms with Gasteiger partial charge in [0.05, 0.1) is 29.2 Å². The molecule has 2 N–H and O–H groups in total. The summed E-state index contributed by atoms with van der Waals surface area (Å²) in [6, 6.07) is 9.18. The lowest BCUT2D eigenvalue weighted by molar-refractivity contribution is -0.115. The van der Waals surface area contributed by atoms with Crippen molar-refractivity contribution in [2.75, 3.05) is 30.8 Å². The highest BCUT2D eigenvalue weighted by molar-refractivity contribution is 6.31. The van der Waals surface area contributed by atoms with Gasteiger partial charge in [0, 0.05) is 41.5 Å². The molecule has 3 aromatic rings. The lowest BCUT2D eigenvalue weighted by Gasteiger charge is -2.29. The summed E-state index contributed by atoms with van der Waals surface area (Å²) < 4.78 is 6.09. The molecule has 2 aliphatic heterocycles. The molecule has 0 spiro atoms. The Morgan fingerprint density at radius 2 is 2.00 bits per heavy atom. The molecule has 4 heterocycles. The third-order valence-electron chi connectivity index (χ3n) is 5.99. The van der Waals surface area contributed by atoms with Crippen LogP contribution in [0, 0.1) is 6.92 Å². The van der Waals surface area contributed by atoms with E-state index < -0.39 is 0 Å². The molecule has 2 aliphatic rings. The first-order chi connectivity index (χ1) is 15.9. The molecule has 9 heteroatoms. The van der Waals surface area contributed by atoms with Gasteiger partial charge < -0.3 is 20.3 Å². The number of ether oxygens (including phenoxy) is 1. The number of carbonyl (C=O) groups excluding carboxylic acids is 1. The number of nitrogens with one attached hydrogen (secondary N) is 2. The zero-order chi connectivity index (χ0) is 22.9. The molecule has 1 saturated heterocycles. The molecule has 0 unspecified atom stereocenters. The van der Waals surface area contributed by atoms with Gasteiger partial charge in [0.15, 0.2) is 0 Å². The highest BCUT2D eigenvalue weighted by atomic mass is 35.5. The Labute approximate surface area is 197 Å². The second kappa shape index (κ2) is 8.96. The van der Waals surface area contributed by atoms with E-state index in [0.717, 1.165) is 48.4 Å².